The molecule has 2 N–H and O–H groups in total. The number of anilines is 1. The Bertz CT molecular complexity index is 821. The molecule has 0 bridgehead atoms. The van der Waals surface area contributed by atoms with Crippen LogP contribution in [0.15, 0.2) is 48.5 Å². The highest BCUT2D eigenvalue weighted by Crippen LogP contribution is 2.26. The summed E-state index contributed by atoms with van der Waals surface area (Å²) in [7, 11) is 1.62. The van der Waals surface area contributed by atoms with Crippen LogP contribution in [-0.2, 0) is 11.3 Å². The summed E-state index contributed by atoms with van der Waals surface area (Å²) in [4.78, 5) is 26.2. The number of benzene rings is 2. The van der Waals surface area contributed by atoms with Gasteiger partial charge < -0.3 is 25.0 Å². The highest BCUT2D eigenvalue weighted by Gasteiger charge is 2.30. The van der Waals surface area contributed by atoms with Crippen LogP contribution >= 0.6 is 0 Å². The van der Waals surface area contributed by atoms with Crippen LogP contribution in [0.5, 0.6) is 11.5 Å². The molecule has 1 aliphatic heterocycles. The average molecular weight is 397 g/mol. The molecule has 0 saturated carbocycles. The standard InChI is InChI=1S/C22H27N3O4/c1-3-29-20-10-6-18(7-11-20)25-15-17(12-21(25)26)14-24-22(27)23-13-16-4-8-19(28-2)9-5-16/h4-11,17H,3,12-15H2,1-2H3,(H2,23,24,27)/t17-/m0/s1. The number of carbonyl (C=O) groups excluding carboxylic acids is 2. The van der Waals surface area contributed by atoms with Crippen LogP contribution < -0.4 is 25.0 Å². The Kier molecular flexibility index (Phi) is 6.94. The van der Waals surface area contributed by atoms with Gasteiger partial charge in [0.2, 0.25) is 5.91 Å². The lowest BCUT2D eigenvalue weighted by Gasteiger charge is -2.17. The van der Waals surface area contributed by atoms with Crippen molar-refractivity contribution < 1.29 is 19.1 Å². The molecule has 7 nitrogen and oxygen atoms in total. The molecule has 29 heavy (non-hydrogen) atoms. The number of hydrogen-bond acceptors (Lipinski definition) is 4. The summed E-state index contributed by atoms with van der Waals surface area (Å²) in [6.45, 7) is 4.01. The molecule has 1 heterocycles. The number of nitrogens with one attached hydrogen (secondary N) is 2. The highest BCUT2D eigenvalue weighted by atomic mass is 16.5. The Labute approximate surface area is 171 Å². The molecule has 1 saturated heterocycles. The van der Waals surface area contributed by atoms with Gasteiger partial charge in [0.15, 0.2) is 0 Å². The van der Waals surface area contributed by atoms with Crippen LogP contribution in [0.2, 0.25) is 0 Å². The Morgan fingerprint density at radius 2 is 1.76 bits per heavy atom. The van der Waals surface area contributed by atoms with Crippen LogP contribution in [0.1, 0.15) is 18.9 Å². The van der Waals surface area contributed by atoms with E-state index in [-0.39, 0.29) is 17.9 Å². The maximum absolute atomic E-state index is 12.4. The van der Waals surface area contributed by atoms with Crippen molar-refractivity contribution >= 4 is 17.6 Å². The van der Waals surface area contributed by atoms with Gasteiger partial charge in [-0.05, 0) is 48.9 Å². The molecular formula is C22H27N3O4. The zero-order chi connectivity index (χ0) is 20.6. The van der Waals surface area contributed by atoms with Gasteiger partial charge >= 0.3 is 6.03 Å². The number of methoxy groups -OCH3 is 1. The monoisotopic (exact) mass is 397 g/mol. The molecule has 0 radical (unpaired) electrons. The zero-order valence-corrected chi connectivity index (χ0v) is 16.8. The van der Waals surface area contributed by atoms with Crippen molar-refractivity contribution in [3.63, 3.8) is 0 Å². The molecule has 1 atom stereocenters. The first-order valence-electron chi connectivity index (χ1n) is 9.77. The van der Waals surface area contributed by atoms with Crippen LogP contribution in [-0.4, -0.2) is 38.7 Å². The van der Waals surface area contributed by atoms with Crippen molar-refractivity contribution in [3.05, 3.63) is 54.1 Å². The minimum absolute atomic E-state index is 0.0691. The van der Waals surface area contributed by atoms with Crippen molar-refractivity contribution in [1.29, 1.82) is 0 Å². The molecular weight excluding hydrogens is 370 g/mol. The number of urea groups is 1. The minimum atomic E-state index is -0.243. The molecule has 3 rings (SSSR count). The van der Waals surface area contributed by atoms with Crippen LogP contribution in [0.4, 0.5) is 10.5 Å². The summed E-state index contributed by atoms with van der Waals surface area (Å²) in [6.07, 6.45) is 0.423. The number of ether oxygens (including phenoxy) is 2. The third kappa shape index (κ3) is 5.63. The quantitative estimate of drug-likeness (QED) is 0.718. The Hall–Kier alpha value is -3.22. The third-order valence-corrected chi connectivity index (χ3v) is 4.83. The number of amides is 3. The lowest BCUT2D eigenvalue weighted by atomic mass is 10.1. The fourth-order valence-electron chi connectivity index (χ4n) is 3.28. The highest BCUT2D eigenvalue weighted by molar-refractivity contribution is 5.95. The fourth-order valence-corrected chi connectivity index (χ4v) is 3.28. The summed E-state index contributed by atoms with van der Waals surface area (Å²) in [6, 6.07) is 14.8. The summed E-state index contributed by atoms with van der Waals surface area (Å²) in [5, 5.41) is 5.69. The fraction of sp³-hybridized carbons (Fsp3) is 0.364. The largest absolute Gasteiger partial charge is 0.497 e. The van der Waals surface area contributed by atoms with E-state index in [0.717, 1.165) is 22.7 Å². The van der Waals surface area contributed by atoms with E-state index in [4.69, 9.17) is 9.47 Å². The van der Waals surface area contributed by atoms with Crippen LogP contribution in [0, 0.1) is 5.92 Å². The Morgan fingerprint density at radius 3 is 2.41 bits per heavy atom. The van der Waals surface area contributed by atoms with Crippen molar-refractivity contribution in [2.75, 3.05) is 31.7 Å². The molecule has 3 amide bonds. The number of rotatable bonds is 8. The molecule has 1 fully saturated rings. The Balaban J connectivity index is 1.43. The molecule has 2 aromatic carbocycles. The van der Waals surface area contributed by atoms with Crippen LogP contribution in [0.25, 0.3) is 0 Å². The molecule has 0 aliphatic carbocycles. The van der Waals surface area contributed by atoms with E-state index < -0.39 is 0 Å². The summed E-state index contributed by atoms with van der Waals surface area (Å²) >= 11 is 0. The average Bonchev–Trinajstić information content (AvgIpc) is 3.12. The normalized spacial score (nSPS) is 15.9. The first kappa shape index (κ1) is 20.5. The lowest BCUT2D eigenvalue weighted by molar-refractivity contribution is -0.117. The van der Waals surface area contributed by atoms with E-state index >= 15 is 0 Å². The van der Waals surface area contributed by atoms with E-state index in [0.29, 0.717) is 32.7 Å². The molecule has 0 unspecified atom stereocenters. The molecule has 154 valence electrons. The first-order chi connectivity index (χ1) is 14.1. The van der Waals surface area contributed by atoms with Gasteiger partial charge in [-0.25, -0.2) is 4.79 Å². The van der Waals surface area contributed by atoms with Gasteiger partial charge in [-0.15, -0.1) is 0 Å². The molecule has 7 heteroatoms. The number of nitrogens with zero attached hydrogens (tertiary/aromatic N) is 1. The van der Waals surface area contributed by atoms with Gasteiger partial charge in [0.1, 0.15) is 11.5 Å². The Morgan fingerprint density at radius 1 is 1.07 bits per heavy atom. The maximum atomic E-state index is 12.4. The van der Waals surface area contributed by atoms with Crippen molar-refractivity contribution in [2.24, 2.45) is 5.92 Å². The summed E-state index contributed by atoms with van der Waals surface area (Å²) in [5.74, 6) is 1.72. The maximum Gasteiger partial charge on any atom is 0.315 e. The van der Waals surface area contributed by atoms with E-state index in [2.05, 4.69) is 10.6 Å². The van der Waals surface area contributed by atoms with Gasteiger partial charge in [0.25, 0.3) is 0 Å². The van der Waals surface area contributed by atoms with Gasteiger partial charge in [-0.2, -0.15) is 0 Å². The van der Waals surface area contributed by atoms with Crippen LogP contribution in [0.3, 0.4) is 0 Å². The van der Waals surface area contributed by atoms with Crippen molar-refractivity contribution in [2.45, 2.75) is 19.9 Å². The zero-order valence-electron chi connectivity index (χ0n) is 16.8. The SMILES string of the molecule is CCOc1ccc(N2C[C@H](CNC(=O)NCc3ccc(OC)cc3)CC2=O)cc1. The summed E-state index contributed by atoms with van der Waals surface area (Å²) in [5.41, 5.74) is 1.84. The number of hydrogen-bond donors (Lipinski definition) is 2. The topological polar surface area (TPSA) is 79.9 Å². The smallest absolute Gasteiger partial charge is 0.315 e. The predicted octanol–water partition coefficient (Wildman–Crippen LogP) is 2.95. The van der Waals surface area contributed by atoms with E-state index in [1.54, 1.807) is 12.0 Å². The lowest BCUT2D eigenvalue weighted by Crippen LogP contribution is -2.38. The van der Waals surface area contributed by atoms with Crippen molar-refractivity contribution in [1.82, 2.24) is 10.6 Å². The van der Waals surface area contributed by atoms with E-state index in [1.807, 2.05) is 55.5 Å². The first-order valence-corrected chi connectivity index (χ1v) is 9.77. The van der Waals surface area contributed by atoms with Gasteiger partial charge in [-0.3, -0.25) is 4.79 Å². The summed E-state index contributed by atoms with van der Waals surface area (Å²) < 4.78 is 10.6. The second-order valence-corrected chi connectivity index (χ2v) is 6.91. The molecule has 2 aromatic rings. The van der Waals surface area contributed by atoms with Crippen molar-refractivity contribution in [3.8, 4) is 11.5 Å². The van der Waals surface area contributed by atoms with Gasteiger partial charge in [0.05, 0.1) is 13.7 Å². The molecule has 0 aromatic heterocycles. The predicted molar refractivity (Wildman–Crippen MR) is 111 cm³/mol. The van der Waals surface area contributed by atoms with E-state index in [1.165, 1.54) is 0 Å². The van der Waals surface area contributed by atoms with Gasteiger partial charge in [0, 0.05) is 37.7 Å². The molecule has 1 aliphatic rings. The minimum Gasteiger partial charge on any atom is -0.497 e. The second kappa shape index (κ2) is 9.82. The van der Waals surface area contributed by atoms with E-state index in [9.17, 15) is 9.59 Å². The molecule has 0 spiro atoms. The second-order valence-electron chi connectivity index (χ2n) is 6.91. The number of carbonyl (C=O) groups is 2. The third-order valence-electron chi connectivity index (χ3n) is 4.83. The van der Waals surface area contributed by atoms with Gasteiger partial charge in [-0.1, -0.05) is 12.1 Å².